The minimum absolute atomic E-state index is 0.249. The van der Waals surface area contributed by atoms with Crippen LogP contribution in [0.4, 0.5) is 5.82 Å². The van der Waals surface area contributed by atoms with Crippen LogP contribution >= 0.6 is 11.3 Å². The zero-order chi connectivity index (χ0) is 13.5. The predicted molar refractivity (Wildman–Crippen MR) is 76.5 cm³/mol. The number of fused-ring (bicyclic) bond motifs is 1. The van der Waals surface area contributed by atoms with E-state index in [-0.39, 0.29) is 5.54 Å². The molecule has 6 heteroatoms. The Labute approximate surface area is 115 Å². The van der Waals surface area contributed by atoms with Crippen molar-refractivity contribution in [1.82, 2.24) is 19.6 Å². The zero-order valence-corrected chi connectivity index (χ0v) is 11.9. The second kappa shape index (κ2) is 4.31. The van der Waals surface area contributed by atoms with Crippen LogP contribution < -0.4 is 5.32 Å². The molecule has 0 saturated heterocycles. The van der Waals surface area contributed by atoms with Gasteiger partial charge in [0, 0.05) is 11.6 Å². The maximum absolute atomic E-state index is 4.38. The van der Waals surface area contributed by atoms with Crippen molar-refractivity contribution in [2.75, 3.05) is 5.32 Å². The molecular weight excluding hydrogens is 258 g/mol. The Kier molecular flexibility index (Phi) is 2.74. The van der Waals surface area contributed by atoms with Crippen molar-refractivity contribution >= 4 is 22.8 Å². The number of aryl methyl sites for hydroxylation is 1. The molecule has 0 unspecified atom stereocenters. The molecule has 5 nitrogen and oxygen atoms in total. The minimum atomic E-state index is -0.249. The summed E-state index contributed by atoms with van der Waals surface area (Å²) >= 11 is 1.64. The number of hydrogen-bond donors (Lipinski definition) is 1. The lowest BCUT2D eigenvalue weighted by Crippen LogP contribution is -2.29. The highest BCUT2D eigenvalue weighted by Crippen LogP contribution is 2.27. The molecule has 3 heterocycles. The summed E-state index contributed by atoms with van der Waals surface area (Å²) in [6.45, 7) is 6.27. The van der Waals surface area contributed by atoms with E-state index < -0.39 is 0 Å². The third-order valence-corrected chi connectivity index (χ3v) is 4.03. The van der Waals surface area contributed by atoms with Gasteiger partial charge in [-0.15, -0.1) is 11.3 Å². The van der Waals surface area contributed by atoms with Crippen LogP contribution in [0.15, 0.2) is 30.0 Å². The van der Waals surface area contributed by atoms with Gasteiger partial charge < -0.3 is 5.32 Å². The summed E-state index contributed by atoms with van der Waals surface area (Å²) in [5.74, 6) is 0.924. The molecule has 0 radical (unpaired) electrons. The van der Waals surface area contributed by atoms with Crippen LogP contribution in [0.3, 0.4) is 0 Å². The molecule has 0 aliphatic carbocycles. The highest BCUT2D eigenvalue weighted by Gasteiger charge is 2.24. The second-order valence-corrected chi connectivity index (χ2v) is 5.93. The van der Waals surface area contributed by atoms with Gasteiger partial charge >= 0.3 is 0 Å². The van der Waals surface area contributed by atoms with E-state index in [1.165, 1.54) is 0 Å². The Morgan fingerprint density at radius 2 is 2.11 bits per heavy atom. The molecular formula is C13H15N5S. The largest absolute Gasteiger partial charge is 0.359 e. The Balaban J connectivity index is 2.03. The van der Waals surface area contributed by atoms with Gasteiger partial charge in [0.05, 0.1) is 5.54 Å². The molecule has 0 atom stereocenters. The number of nitrogens with zero attached hydrogens (tertiary/aromatic N) is 4. The SMILES string of the molecule is Cc1cc(NC(C)(C)c2nccs2)n2ncnc2c1. The Morgan fingerprint density at radius 1 is 1.26 bits per heavy atom. The molecule has 0 bridgehead atoms. The topological polar surface area (TPSA) is 55.1 Å². The molecule has 1 N–H and O–H groups in total. The quantitative estimate of drug-likeness (QED) is 0.797. The molecule has 0 aliphatic rings. The molecule has 0 spiro atoms. The van der Waals surface area contributed by atoms with E-state index in [1.54, 1.807) is 17.7 Å². The normalized spacial score (nSPS) is 11.9. The summed E-state index contributed by atoms with van der Waals surface area (Å²) in [4.78, 5) is 8.62. The van der Waals surface area contributed by atoms with Gasteiger partial charge in [-0.3, -0.25) is 0 Å². The molecule has 0 fully saturated rings. The van der Waals surface area contributed by atoms with E-state index in [9.17, 15) is 0 Å². The summed E-state index contributed by atoms with van der Waals surface area (Å²) in [7, 11) is 0. The lowest BCUT2D eigenvalue weighted by molar-refractivity contribution is 0.597. The van der Waals surface area contributed by atoms with Crippen molar-refractivity contribution in [3.63, 3.8) is 0 Å². The minimum Gasteiger partial charge on any atom is -0.359 e. The first-order valence-corrected chi connectivity index (χ1v) is 6.93. The van der Waals surface area contributed by atoms with Crippen LogP contribution in [0.1, 0.15) is 24.4 Å². The molecule has 0 saturated carbocycles. The fourth-order valence-corrected chi connectivity index (χ4v) is 2.77. The van der Waals surface area contributed by atoms with Crippen LogP contribution in [0.2, 0.25) is 0 Å². The van der Waals surface area contributed by atoms with E-state index in [0.717, 1.165) is 22.0 Å². The number of rotatable bonds is 3. The Bertz CT molecular complexity index is 699. The number of thiazole rings is 1. The number of nitrogens with one attached hydrogen (secondary N) is 1. The molecule has 0 aliphatic heterocycles. The van der Waals surface area contributed by atoms with Crippen molar-refractivity contribution in [2.24, 2.45) is 0 Å². The number of anilines is 1. The number of aromatic nitrogens is 4. The van der Waals surface area contributed by atoms with E-state index in [2.05, 4.69) is 47.2 Å². The predicted octanol–water partition coefficient (Wildman–Crippen LogP) is 2.84. The lowest BCUT2D eigenvalue weighted by atomic mass is 10.1. The van der Waals surface area contributed by atoms with Gasteiger partial charge in [-0.2, -0.15) is 9.61 Å². The van der Waals surface area contributed by atoms with Gasteiger partial charge in [-0.25, -0.2) is 9.97 Å². The smallest absolute Gasteiger partial charge is 0.157 e. The standard InChI is InChI=1S/C13H15N5S/c1-9-6-10-15-8-16-18(10)11(7-9)17-13(2,3)12-14-4-5-19-12/h4-8,17H,1-3H3. The van der Waals surface area contributed by atoms with Gasteiger partial charge in [-0.1, -0.05) is 0 Å². The summed E-state index contributed by atoms with van der Waals surface area (Å²) < 4.78 is 1.81. The van der Waals surface area contributed by atoms with E-state index in [0.29, 0.717) is 0 Å². The van der Waals surface area contributed by atoms with Crippen molar-refractivity contribution in [2.45, 2.75) is 26.3 Å². The van der Waals surface area contributed by atoms with Crippen molar-refractivity contribution in [1.29, 1.82) is 0 Å². The fourth-order valence-electron chi connectivity index (χ4n) is 2.05. The monoisotopic (exact) mass is 273 g/mol. The molecule has 98 valence electrons. The van der Waals surface area contributed by atoms with Gasteiger partial charge in [0.2, 0.25) is 0 Å². The van der Waals surface area contributed by atoms with Crippen LogP contribution in [-0.2, 0) is 5.54 Å². The van der Waals surface area contributed by atoms with Crippen molar-refractivity contribution in [3.05, 3.63) is 40.6 Å². The molecule has 3 aromatic rings. The third-order valence-electron chi connectivity index (χ3n) is 2.93. The maximum atomic E-state index is 4.38. The van der Waals surface area contributed by atoms with E-state index in [4.69, 9.17) is 0 Å². The molecule has 19 heavy (non-hydrogen) atoms. The van der Waals surface area contributed by atoms with Gasteiger partial charge in [0.15, 0.2) is 5.65 Å². The van der Waals surface area contributed by atoms with Crippen LogP contribution in [-0.4, -0.2) is 19.6 Å². The molecule has 3 aromatic heterocycles. The van der Waals surface area contributed by atoms with E-state index in [1.807, 2.05) is 22.2 Å². The first kappa shape index (κ1) is 12.1. The van der Waals surface area contributed by atoms with Crippen molar-refractivity contribution < 1.29 is 0 Å². The third kappa shape index (κ3) is 2.19. The Hall–Kier alpha value is -1.95. The average molecular weight is 273 g/mol. The van der Waals surface area contributed by atoms with Crippen LogP contribution in [0.5, 0.6) is 0 Å². The highest BCUT2D eigenvalue weighted by atomic mass is 32.1. The first-order chi connectivity index (χ1) is 9.06. The van der Waals surface area contributed by atoms with Crippen molar-refractivity contribution in [3.8, 4) is 0 Å². The first-order valence-electron chi connectivity index (χ1n) is 6.05. The highest BCUT2D eigenvalue weighted by molar-refractivity contribution is 7.09. The second-order valence-electron chi connectivity index (χ2n) is 5.04. The van der Waals surface area contributed by atoms with E-state index >= 15 is 0 Å². The van der Waals surface area contributed by atoms with Gasteiger partial charge in [0.25, 0.3) is 0 Å². The maximum Gasteiger partial charge on any atom is 0.157 e. The Morgan fingerprint density at radius 3 is 2.84 bits per heavy atom. The molecule has 0 aromatic carbocycles. The summed E-state index contributed by atoms with van der Waals surface area (Å²) in [6.07, 6.45) is 3.39. The van der Waals surface area contributed by atoms with Crippen LogP contribution in [0.25, 0.3) is 5.65 Å². The summed E-state index contributed by atoms with van der Waals surface area (Å²) in [5.41, 5.74) is 1.75. The summed E-state index contributed by atoms with van der Waals surface area (Å²) in [6, 6.07) is 4.08. The number of hydrogen-bond acceptors (Lipinski definition) is 5. The fraction of sp³-hybridized carbons (Fsp3) is 0.308. The molecule has 3 rings (SSSR count). The number of pyridine rings is 1. The van der Waals surface area contributed by atoms with Crippen LogP contribution in [0, 0.1) is 6.92 Å². The zero-order valence-electron chi connectivity index (χ0n) is 11.1. The summed E-state index contributed by atoms with van der Waals surface area (Å²) in [5, 5.41) is 10.8. The average Bonchev–Trinajstić information content (AvgIpc) is 2.98. The lowest BCUT2D eigenvalue weighted by Gasteiger charge is -2.25. The molecule has 0 amide bonds. The van der Waals surface area contributed by atoms with Gasteiger partial charge in [0.1, 0.15) is 17.2 Å². The van der Waals surface area contributed by atoms with Gasteiger partial charge in [-0.05, 0) is 38.5 Å².